The van der Waals surface area contributed by atoms with Crippen molar-refractivity contribution >= 4 is 5.82 Å². The average Bonchev–Trinajstić information content (AvgIpc) is 2.26. The summed E-state index contributed by atoms with van der Waals surface area (Å²) in [7, 11) is 2.17. The molecule has 1 aliphatic carbocycles. The molecule has 1 saturated carbocycles. The molecule has 1 aromatic heterocycles. The Hall–Kier alpha value is -1.16. The zero-order valence-corrected chi connectivity index (χ0v) is 9.74. The van der Waals surface area contributed by atoms with Gasteiger partial charge >= 0.3 is 0 Å². The Bertz CT molecular complexity index is 387. The minimum Gasteiger partial charge on any atom is -0.356 e. The number of hydrogen-bond donors (Lipinski definition) is 1. The van der Waals surface area contributed by atoms with Crippen molar-refractivity contribution in [2.45, 2.75) is 38.3 Å². The van der Waals surface area contributed by atoms with E-state index in [0.717, 1.165) is 25.3 Å². The lowest BCUT2D eigenvalue weighted by Gasteiger charge is -2.37. The second-order valence-electron chi connectivity index (χ2n) is 4.74. The third-order valence-corrected chi connectivity index (χ3v) is 3.81. The van der Waals surface area contributed by atoms with Crippen molar-refractivity contribution in [2.24, 2.45) is 0 Å². The Morgan fingerprint density at radius 2 is 2.25 bits per heavy atom. The molecule has 16 heavy (non-hydrogen) atoms. The highest BCUT2D eigenvalue weighted by Crippen LogP contribution is 2.30. The molecule has 86 valence electrons. The van der Waals surface area contributed by atoms with Crippen LogP contribution in [0.25, 0.3) is 0 Å². The van der Waals surface area contributed by atoms with Gasteiger partial charge in [-0.15, -0.1) is 0 Å². The average molecular weight is 218 g/mol. The topological polar surface area (TPSA) is 41.1 Å². The van der Waals surface area contributed by atoms with E-state index >= 15 is 0 Å². The van der Waals surface area contributed by atoms with Gasteiger partial charge in [0.2, 0.25) is 0 Å². The van der Waals surface area contributed by atoms with Gasteiger partial charge in [-0.3, -0.25) is 0 Å². The Morgan fingerprint density at radius 3 is 3.00 bits per heavy atom. The molecular formula is C12H18N4. The molecule has 2 heterocycles. The van der Waals surface area contributed by atoms with Crippen LogP contribution in [0.4, 0.5) is 5.82 Å². The Balaban J connectivity index is 1.93. The third-order valence-electron chi connectivity index (χ3n) is 3.81. The van der Waals surface area contributed by atoms with Crippen LogP contribution in [0.2, 0.25) is 0 Å². The van der Waals surface area contributed by atoms with Crippen molar-refractivity contribution < 1.29 is 0 Å². The Kier molecular flexibility index (Phi) is 2.52. The maximum atomic E-state index is 4.47. The summed E-state index contributed by atoms with van der Waals surface area (Å²) >= 11 is 0. The zero-order valence-electron chi connectivity index (χ0n) is 9.74. The molecule has 0 radical (unpaired) electrons. The van der Waals surface area contributed by atoms with Crippen LogP contribution in [-0.4, -0.2) is 29.6 Å². The SMILES string of the molecule is CN(c1ncnc2c1CNCC2)C1CCC1. The molecule has 0 unspecified atom stereocenters. The van der Waals surface area contributed by atoms with E-state index in [9.17, 15) is 0 Å². The number of aromatic nitrogens is 2. The summed E-state index contributed by atoms with van der Waals surface area (Å²) in [6.07, 6.45) is 6.73. The molecule has 2 aliphatic rings. The van der Waals surface area contributed by atoms with Crippen LogP contribution in [0, 0.1) is 0 Å². The molecule has 0 bridgehead atoms. The van der Waals surface area contributed by atoms with Crippen LogP contribution < -0.4 is 10.2 Å². The Labute approximate surface area is 96.1 Å². The summed E-state index contributed by atoms with van der Waals surface area (Å²) in [5, 5.41) is 3.40. The highest BCUT2D eigenvalue weighted by Gasteiger charge is 2.26. The van der Waals surface area contributed by atoms with Gasteiger partial charge in [-0.05, 0) is 19.3 Å². The summed E-state index contributed by atoms with van der Waals surface area (Å²) in [4.78, 5) is 11.2. The first kappa shape index (κ1) is 10.0. The number of nitrogens with one attached hydrogen (secondary N) is 1. The summed E-state index contributed by atoms with van der Waals surface area (Å²) in [5.74, 6) is 1.14. The van der Waals surface area contributed by atoms with Gasteiger partial charge in [0.25, 0.3) is 0 Å². The van der Waals surface area contributed by atoms with Gasteiger partial charge in [0.05, 0.1) is 5.69 Å². The van der Waals surface area contributed by atoms with Crippen molar-refractivity contribution in [3.63, 3.8) is 0 Å². The van der Waals surface area contributed by atoms with E-state index in [4.69, 9.17) is 0 Å². The lowest BCUT2D eigenvalue weighted by Crippen LogP contribution is -2.39. The molecule has 0 saturated heterocycles. The molecule has 0 aromatic carbocycles. The van der Waals surface area contributed by atoms with E-state index < -0.39 is 0 Å². The summed E-state index contributed by atoms with van der Waals surface area (Å²) in [6, 6.07) is 0.695. The minimum absolute atomic E-state index is 0.695. The van der Waals surface area contributed by atoms with Crippen LogP contribution in [0.3, 0.4) is 0 Å². The van der Waals surface area contributed by atoms with Crippen molar-refractivity contribution in [2.75, 3.05) is 18.5 Å². The van der Waals surface area contributed by atoms with E-state index in [-0.39, 0.29) is 0 Å². The van der Waals surface area contributed by atoms with Crippen LogP contribution in [0.1, 0.15) is 30.5 Å². The predicted octanol–water partition coefficient (Wildman–Crippen LogP) is 1.11. The highest BCUT2D eigenvalue weighted by molar-refractivity contribution is 5.50. The Morgan fingerprint density at radius 1 is 1.38 bits per heavy atom. The van der Waals surface area contributed by atoms with Crippen LogP contribution in [0.15, 0.2) is 6.33 Å². The predicted molar refractivity (Wildman–Crippen MR) is 63.5 cm³/mol. The molecule has 4 nitrogen and oxygen atoms in total. The van der Waals surface area contributed by atoms with Crippen LogP contribution in [0.5, 0.6) is 0 Å². The first-order chi connectivity index (χ1) is 7.86. The van der Waals surface area contributed by atoms with Crippen LogP contribution >= 0.6 is 0 Å². The number of rotatable bonds is 2. The number of fused-ring (bicyclic) bond motifs is 1. The molecule has 0 atom stereocenters. The molecule has 0 amide bonds. The lowest BCUT2D eigenvalue weighted by atomic mass is 9.91. The second-order valence-corrected chi connectivity index (χ2v) is 4.74. The number of hydrogen-bond acceptors (Lipinski definition) is 4. The van der Waals surface area contributed by atoms with Gasteiger partial charge in [-0.2, -0.15) is 0 Å². The van der Waals surface area contributed by atoms with Gasteiger partial charge < -0.3 is 10.2 Å². The maximum Gasteiger partial charge on any atom is 0.136 e. The van der Waals surface area contributed by atoms with Crippen molar-refractivity contribution in [3.05, 3.63) is 17.6 Å². The monoisotopic (exact) mass is 218 g/mol. The fraction of sp³-hybridized carbons (Fsp3) is 0.667. The van der Waals surface area contributed by atoms with Gasteiger partial charge in [0, 0.05) is 38.2 Å². The first-order valence-corrected chi connectivity index (χ1v) is 6.12. The molecule has 4 heteroatoms. The molecule has 1 fully saturated rings. The first-order valence-electron chi connectivity index (χ1n) is 6.12. The van der Waals surface area contributed by atoms with Crippen LogP contribution in [-0.2, 0) is 13.0 Å². The zero-order chi connectivity index (χ0) is 11.0. The standard InChI is InChI=1S/C12H18N4/c1-16(9-3-2-4-9)12-10-7-13-6-5-11(10)14-8-15-12/h8-9,13H,2-7H2,1H3. The summed E-state index contributed by atoms with van der Waals surface area (Å²) in [6.45, 7) is 1.96. The van der Waals surface area contributed by atoms with Gasteiger partial charge in [0.1, 0.15) is 12.1 Å². The molecule has 1 N–H and O–H groups in total. The number of nitrogens with zero attached hydrogens (tertiary/aromatic N) is 3. The molecular weight excluding hydrogens is 200 g/mol. The number of anilines is 1. The lowest BCUT2D eigenvalue weighted by molar-refractivity contribution is 0.397. The van der Waals surface area contributed by atoms with Gasteiger partial charge in [-0.1, -0.05) is 0 Å². The van der Waals surface area contributed by atoms with E-state index in [1.54, 1.807) is 6.33 Å². The second kappa shape index (κ2) is 4.01. The summed E-state index contributed by atoms with van der Waals surface area (Å²) in [5.41, 5.74) is 2.54. The fourth-order valence-electron chi connectivity index (χ4n) is 2.51. The smallest absolute Gasteiger partial charge is 0.136 e. The molecule has 1 aliphatic heterocycles. The minimum atomic E-state index is 0.695. The van der Waals surface area contributed by atoms with Crippen molar-refractivity contribution in [1.29, 1.82) is 0 Å². The van der Waals surface area contributed by atoms with Crippen molar-refractivity contribution in [1.82, 2.24) is 15.3 Å². The van der Waals surface area contributed by atoms with E-state index in [2.05, 4.69) is 27.2 Å². The molecule has 1 aromatic rings. The normalized spacial score (nSPS) is 20.1. The van der Waals surface area contributed by atoms with Crippen molar-refractivity contribution in [3.8, 4) is 0 Å². The highest BCUT2D eigenvalue weighted by atomic mass is 15.2. The quantitative estimate of drug-likeness (QED) is 0.807. The largest absolute Gasteiger partial charge is 0.356 e. The molecule has 0 spiro atoms. The van der Waals surface area contributed by atoms with E-state index in [1.807, 2.05) is 0 Å². The fourth-order valence-corrected chi connectivity index (χ4v) is 2.51. The maximum absolute atomic E-state index is 4.47. The van der Waals surface area contributed by atoms with E-state index in [0.29, 0.717) is 6.04 Å². The molecule has 3 rings (SSSR count). The van der Waals surface area contributed by atoms with E-state index in [1.165, 1.54) is 30.5 Å². The van der Waals surface area contributed by atoms with Gasteiger partial charge in [-0.25, -0.2) is 9.97 Å². The summed E-state index contributed by atoms with van der Waals surface area (Å²) < 4.78 is 0. The third kappa shape index (κ3) is 1.57. The van der Waals surface area contributed by atoms with Gasteiger partial charge in [0.15, 0.2) is 0 Å².